The standard InChI is InChI=1S/C21H27N3O3S/c1-13-14(2)28-12-17(13)21(26)24-9-7-15(8-10-24)18-11-19(27-23-18)20(25)22-16-5-3-4-6-16/h11-12,15-16H,3-10H2,1-2H3,(H,22,25). The van der Waals surface area contributed by atoms with Gasteiger partial charge in [-0.15, -0.1) is 11.3 Å². The van der Waals surface area contributed by atoms with Gasteiger partial charge in [0.2, 0.25) is 5.76 Å². The minimum absolute atomic E-state index is 0.122. The fourth-order valence-corrected chi connectivity index (χ4v) is 5.05. The zero-order chi connectivity index (χ0) is 19.7. The van der Waals surface area contributed by atoms with E-state index < -0.39 is 0 Å². The molecule has 1 N–H and O–H groups in total. The predicted octanol–water partition coefficient (Wildman–Crippen LogP) is 4.05. The third kappa shape index (κ3) is 3.85. The third-order valence-corrected chi connectivity index (χ3v) is 7.17. The van der Waals surface area contributed by atoms with Crippen molar-refractivity contribution < 1.29 is 14.1 Å². The number of piperidine rings is 1. The summed E-state index contributed by atoms with van der Waals surface area (Å²) in [5, 5.41) is 9.14. The van der Waals surface area contributed by atoms with Crippen molar-refractivity contribution in [2.24, 2.45) is 0 Å². The van der Waals surface area contributed by atoms with Crippen LogP contribution in [0.4, 0.5) is 0 Å². The van der Waals surface area contributed by atoms with E-state index in [0.29, 0.717) is 18.8 Å². The lowest BCUT2D eigenvalue weighted by atomic mass is 9.93. The summed E-state index contributed by atoms with van der Waals surface area (Å²) in [6.07, 6.45) is 6.11. The number of carbonyl (C=O) groups is 2. The molecule has 6 nitrogen and oxygen atoms in total. The van der Waals surface area contributed by atoms with Gasteiger partial charge in [-0.05, 0) is 45.1 Å². The molecule has 4 rings (SSSR count). The van der Waals surface area contributed by atoms with Crippen molar-refractivity contribution in [3.63, 3.8) is 0 Å². The van der Waals surface area contributed by atoms with Crippen LogP contribution in [0.3, 0.4) is 0 Å². The highest BCUT2D eigenvalue weighted by atomic mass is 32.1. The van der Waals surface area contributed by atoms with Gasteiger partial charge in [-0.25, -0.2) is 0 Å². The topological polar surface area (TPSA) is 75.4 Å². The number of likely N-dealkylation sites (tertiary alicyclic amines) is 1. The van der Waals surface area contributed by atoms with Gasteiger partial charge in [-0.2, -0.15) is 0 Å². The van der Waals surface area contributed by atoms with E-state index in [-0.39, 0.29) is 23.8 Å². The number of aromatic nitrogens is 1. The van der Waals surface area contributed by atoms with E-state index in [1.165, 1.54) is 17.7 Å². The maximum Gasteiger partial charge on any atom is 0.290 e. The molecule has 7 heteroatoms. The van der Waals surface area contributed by atoms with Gasteiger partial charge in [0, 0.05) is 41.4 Å². The number of nitrogens with one attached hydrogen (secondary N) is 1. The molecular formula is C21H27N3O3S. The van der Waals surface area contributed by atoms with Gasteiger partial charge in [0.25, 0.3) is 11.8 Å². The Morgan fingerprint density at radius 3 is 2.54 bits per heavy atom. The number of aryl methyl sites for hydroxylation is 1. The summed E-state index contributed by atoms with van der Waals surface area (Å²) in [6, 6.07) is 2.04. The maximum atomic E-state index is 12.8. The molecule has 0 aromatic carbocycles. The number of hydrogen-bond acceptors (Lipinski definition) is 5. The Labute approximate surface area is 169 Å². The van der Waals surface area contributed by atoms with Crippen LogP contribution in [0.25, 0.3) is 0 Å². The van der Waals surface area contributed by atoms with Gasteiger partial charge in [0.1, 0.15) is 0 Å². The highest BCUT2D eigenvalue weighted by Crippen LogP contribution is 2.30. The SMILES string of the molecule is Cc1scc(C(=O)N2CCC(c3cc(C(=O)NC4CCCC4)on3)CC2)c1C. The zero-order valence-corrected chi connectivity index (χ0v) is 17.3. The first-order valence-corrected chi connectivity index (χ1v) is 11.0. The Hall–Kier alpha value is -2.15. The van der Waals surface area contributed by atoms with Crippen LogP contribution >= 0.6 is 11.3 Å². The molecule has 1 saturated heterocycles. The Bertz CT molecular complexity index is 858. The summed E-state index contributed by atoms with van der Waals surface area (Å²) in [6.45, 7) is 5.47. The molecule has 2 aromatic rings. The second-order valence-corrected chi connectivity index (χ2v) is 9.05. The van der Waals surface area contributed by atoms with Crippen LogP contribution in [-0.4, -0.2) is 41.0 Å². The molecule has 0 bridgehead atoms. The second kappa shape index (κ2) is 8.07. The van der Waals surface area contributed by atoms with E-state index in [0.717, 1.165) is 42.5 Å². The van der Waals surface area contributed by atoms with E-state index in [4.69, 9.17) is 4.52 Å². The third-order valence-electron chi connectivity index (χ3n) is 6.16. The van der Waals surface area contributed by atoms with E-state index in [9.17, 15) is 9.59 Å². The quantitative estimate of drug-likeness (QED) is 0.839. The van der Waals surface area contributed by atoms with Crippen LogP contribution in [0.5, 0.6) is 0 Å². The summed E-state index contributed by atoms with van der Waals surface area (Å²) in [4.78, 5) is 28.2. The molecule has 1 saturated carbocycles. The molecule has 2 amide bonds. The number of amides is 2. The van der Waals surface area contributed by atoms with Gasteiger partial charge >= 0.3 is 0 Å². The van der Waals surface area contributed by atoms with Crippen molar-refractivity contribution in [1.82, 2.24) is 15.4 Å². The van der Waals surface area contributed by atoms with Crippen LogP contribution in [0, 0.1) is 13.8 Å². The fraction of sp³-hybridized carbons (Fsp3) is 0.571. The molecule has 3 heterocycles. The van der Waals surface area contributed by atoms with Crippen LogP contribution in [0.15, 0.2) is 16.0 Å². The van der Waals surface area contributed by atoms with Crippen molar-refractivity contribution in [2.75, 3.05) is 13.1 Å². The predicted molar refractivity (Wildman–Crippen MR) is 108 cm³/mol. The number of hydrogen-bond donors (Lipinski definition) is 1. The van der Waals surface area contributed by atoms with Crippen LogP contribution < -0.4 is 5.32 Å². The lowest BCUT2D eigenvalue weighted by molar-refractivity contribution is 0.0710. The van der Waals surface area contributed by atoms with E-state index in [1.807, 2.05) is 24.1 Å². The van der Waals surface area contributed by atoms with E-state index >= 15 is 0 Å². The summed E-state index contributed by atoms with van der Waals surface area (Å²) < 4.78 is 5.31. The molecule has 0 radical (unpaired) electrons. The molecule has 0 unspecified atom stereocenters. The monoisotopic (exact) mass is 401 g/mol. The van der Waals surface area contributed by atoms with Crippen LogP contribution in [-0.2, 0) is 0 Å². The number of rotatable bonds is 4. The Kier molecular flexibility index (Phi) is 5.53. The van der Waals surface area contributed by atoms with Crippen molar-refractivity contribution in [3.05, 3.63) is 38.9 Å². The highest BCUT2D eigenvalue weighted by molar-refractivity contribution is 7.10. The molecule has 2 aromatic heterocycles. The fourth-order valence-electron chi connectivity index (χ4n) is 4.19. The van der Waals surface area contributed by atoms with Crippen molar-refractivity contribution in [2.45, 2.75) is 64.3 Å². The van der Waals surface area contributed by atoms with Gasteiger partial charge in [-0.3, -0.25) is 9.59 Å². The zero-order valence-electron chi connectivity index (χ0n) is 16.5. The average molecular weight is 402 g/mol. The van der Waals surface area contributed by atoms with Gasteiger partial charge in [-0.1, -0.05) is 18.0 Å². The average Bonchev–Trinajstić information content (AvgIpc) is 3.45. The Balaban J connectivity index is 1.34. The molecule has 0 spiro atoms. The lowest BCUT2D eigenvalue weighted by Crippen LogP contribution is -2.38. The molecular weight excluding hydrogens is 374 g/mol. The Morgan fingerprint density at radius 2 is 1.89 bits per heavy atom. The lowest BCUT2D eigenvalue weighted by Gasteiger charge is -2.31. The highest BCUT2D eigenvalue weighted by Gasteiger charge is 2.29. The van der Waals surface area contributed by atoms with Crippen LogP contribution in [0.2, 0.25) is 0 Å². The van der Waals surface area contributed by atoms with Gasteiger partial charge in [0.15, 0.2) is 0 Å². The normalized spacial score (nSPS) is 18.6. The number of thiophene rings is 1. The van der Waals surface area contributed by atoms with E-state index in [2.05, 4.69) is 10.5 Å². The molecule has 150 valence electrons. The molecule has 28 heavy (non-hydrogen) atoms. The minimum Gasteiger partial charge on any atom is -0.351 e. The van der Waals surface area contributed by atoms with Crippen molar-refractivity contribution >= 4 is 23.2 Å². The molecule has 0 atom stereocenters. The molecule has 1 aliphatic carbocycles. The first-order valence-electron chi connectivity index (χ1n) is 10.1. The van der Waals surface area contributed by atoms with Crippen molar-refractivity contribution in [1.29, 1.82) is 0 Å². The second-order valence-electron chi connectivity index (χ2n) is 7.97. The first-order chi connectivity index (χ1) is 13.5. The smallest absolute Gasteiger partial charge is 0.290 e. The summed E-state index contributed by atoms with van der Waals surface area (Å²) in [5.41, 5.74) is 2.74. The maximum absolute atomic E-state index is 12.8. The largest absolute Gasteiger partial charge is 0.351 e. The van der Waals surface area contributed by atoms with Gasteiger partial charge in [0.05, 0.1) is 11.3 Å². The number of carbonyl (C=O) groups excluding carboxylic acids is 2. The Morgan fingerprint density at radius 1 is 1.18 bits per heavy atom. The summed E-state index contributed by atoms with van der Waals surface area (Å²) in [7, 11) is 0. The van der Waals surface area contributed by atoms with Gasteiger partial charge < -0.3 is 14.7 Å². The summed E-state index contributed by atoms with van der Waals surface area (Å²) in [5.74, 6) is 0.481. The summed E-state index contributed by atoms with van der Waals surface area (Å²) >= 11 is 1.63. The number of nitrogens with zero attached hydrogens (tertiary/aromatic N) is 2. The van der Waals surface area contributed by atoms with E-state index in [1.54, 1.807) is 17.4 Å². The molecule has 2 fully saturated rings. The minimum atomic E-state index is -0.165. The van der Waals surface area contributed by atoms with Crippen LogP contribution in [0.1, 0.15) is 81.5 Å². The molecule has 2 aliphatic rings. The molecule has 1 aliphatic heterocycles. The first kappa shape index (κ1) is 19.2. The van der Waals surface area contributed by atoms with Crippen molar-refractivity contribution in [3.8, 4) is 0 Å².